The number of carbonyl (C=O) groups is 3. The lowest BCUT2D eigenvalue weighted by atomic mass is 10.1. The first-order valence-corrected chi connectivity index (χ1v) is 16.1. The summed E-state index contributed by atoms with van der Waals surface area (Å²) in [5.74, 6) is -2.39. The maximum absolute atomic E-state index is 12.0. The predicted molar refractivity (Wildman–Crippen MR) is 148 cm³/mol. The summed E-state index contributed by atoms with van der Waals surface area (Å²) in [7, 11) is -4.72. The molecule has 0 aliphatic carbocycles. The third-order valence-electron chi connectivity index (χ3n) is 6.15. The molecule has 11 nitrogen and oxygen atoms in total. The Kier molecular flexibility index (Phi) is 23.3. The molecule has 3 unspecified atom stereocenters. The van der Waals surface area contributed by atoms with Crippen LogP contribution in [0.15, 0.2) is 0 Å². The Labute approximate surface area is 234 Å². The molecule has 0 saturated heterocycles. The van der Waals surface area contributed by atoms with Crippen LogP contribution in [0.5, 0.6) is 0 Å². The maximum Gasteiger partial charge on any atom is 0.472 e. The summed E-state index contributed by atoms with van der Waals surface area (Å²) in [4.78, 5) is 44.9. The minimum absolute atomic E-state index is 0.144. The first-order valence-electron chi connectivity index (χ1n) is 14.6. The number of phosphoric ester groups is 1. The highest BCUT2D eigenvalue weighted by atomic mass is 31.2. The summed E-state index contributed by atoms with van der Waals surface area (Å²) in [6, 6.07) is -1.53. The second-order valence-electron chi connectivity index (χ2n) is 9.95. The molecule has 39 heavy (non-hydrogen) atoms. The first kappa shape index (κ1) is 37.5. The molecule has 3 atom stereocenters. The molecule has 12 heteroatoms. The molecule has 0 aliphatic heterocycles. The number of esters is 1. The zero-order valence-electron chi connectivity index (χ0n) is 23.9. The summed E-state index contributed by atoms with van der Waals surface area (Å²) < 4.78 is 26.4. The topological polar surface area (TPSA) is 169 Å². The van der Waals surface area contributed by atoms with E-state index in [9.17, 15) is 34.1 Å². The number of hydrogen-bond donors (Lipinski definition) is 4. The highest BCUT2D eigenvalue weighted by Crippen LogP contribution is 2.43. The van der Waals surface area contributed by atoms with Gasteiger partial charge in [-0.15, -0.1) is 0 Å². The molecule has 0 rings (SSSR count). The molecule has 0 aliphatic rings. The van der Waals surface area contributed by atoms with Crippen LogP contribution in [0.25, 0.3) is 0 Å². The van der Waals surface area contributed by atoms with Gasteiger partial charge in [-0.2, -0.15) is 0 Å². The van der Waals surface area contributed by atoms with Gasteiger partial charge in [0.05, 0.1) is 13.2 Å². The second kappa shape index (κ2) is 24.3. The van der Waals surface area contributed by atoms with Gasteiger partial charge in [-0.3, -0.25) is 18.6 Å². The van der Waals surface area contributed by atoms with E-state index < -0.39 is 57.6 Å². The van der Waals surface area contributed by atoms with Crippen LogP contribution >= 0.6 is 7.82 Å². The van der Waals surface area contributed by atoms with Crippen molar-refractivity contribution in [3.05, 3.63) is 0 Å². The fraction of sp³-hybridized carbons (Fsp3) is 0.889. The fourth-order valence-electron chi connectivity index (χ4n) is 3.78. The van der Waals surface area contributed by atoms with Crippen LogP contribution in [0.2, 0.25) is 0 Å². The van der Waals surface area contributed by atoms with Gasteiger partial charge in [0.2, 0.25) is 5.91 Å². The molecule has 0 aromatic heterocycles. The number of aliphatic hydroxyl groups is 1. The van der Waals surface area contributed by atoms with E-state index in [0.717, 1.165) is 44.9 Å². The molecule has 4 N–H and O–H groups in total. The molecule has 0 spiro atoms. The van der Waals surface area contributed by atoms with E-state index in [1.807, 2.05) is 0 Å². The molecule has 0 fully saturated rings. The number of carboxylic acid groups (broad SMARTS) is 1. The number of phosphoric acid groups is 1. The average molecular weight is 582 g/mol. The monoisotopic (exact) mass is 581 g/mol. The number of hydrogen-bond acceptors (Lipinski definition) is 8. The Hall–Kier alpha value is -1.52. The van der Waals surface area contributed by atoms with Gasteiger partial charge in [0.1, 0.15) is 12.7 Å². The third kappa shape index (κ3) is 24.0. The Bertz CT molecular complexity index is 706. The zero-order chi connectivity index (χ0) is 29.4. The lowest BCUT2D eigenvalue weighted by Gasteiger charge is -2.18. The van der Waals surface area contributed by atoms with Crippen molar-refractivity contribution in [1.29, 1.82) is 0 Å². The number of aliphatic carboxylic acids is 1. The lowest BCUT2D eigenvalue weighted by Crippen LogP contribution is -2.43. The van der Waals surface area contributed by atoms with E-state index in [-0.39, 0.29) is 12.8 Å². The molecule has 0 aromatic carbocycles. The SMILES string of the molecule is CCCCCCCCCCCCC(=O)OCC(O)COP(=O)(O)OCC(NC(=O)CCCCCCC)C(=O)O. The van der Waals surface area contributed by atoms with Gasteiger partial charge in [0.25, 0.3) is 0 Å². The normalized spacial score (nSPS) is 14.4. The molecule has 0 saturated carbocycles. The summed E-state index contributed by atoms with van der Waals surface area (Å²) in [5, 5.41) is 21.4. The summed E-state index contributed by atoms with van der Waals surface area (Å²) in [5.41, 5.74) is 0. The number of ether oxygens (including phenoxy) is 1. The number of carbonyl (C=O) groups excluding carboxylic acids is 2. The quantitative estimate of drug-likeness (QED) is 0.0570. The van der Waals surface area contributed by atoms with E-state index in [2.05, 4.69) is 28.2 Å². The van der Waals surface area contributed by atoms with Crippen molar-refractivity contribution in [1.82, 2.24) is 5.32 Å². The van der Waals surface area contributed by atoms with Gasteiger partial charge < -0.3 is 25.2 Å². The number of nitrogens with one attached hydrogen (secondary N) is 1. The smallest absolute Gasteiger partial charge is 0.472 e. The van der Waals surface area contributed by atoms with Crippen molar-refractivity contribution >= 4 is 25.7 Å². The zero-order valence-corrected chi connectivity index (χ0v) is 24.8. The van der Waals surface area contributed by atoms with Crippen molar-refractivity contribution in [2.45, 2.75) is 135 Å². The average Bonchev–Trinajstić information content (AvgIpc) is 2.89. The minimum atomic E-state index is -4.72. The van der Waals surface area contributed by atoms with Crippen molar-refractivity contribution in [3.63, 3.8) is 0 Å². The standard InChI is InChI=1S/C27H52NO10P/c1-3-5-7-9-10-11-12-13-15-17-19-26(31)36-20-23(29)21-37-39(34,35)38-22-24(27(32)33)28-25(30)18-16-14-8-6-4-2/h23-24,29H,3-22H2,1-2H3,(H,28,30)(H,32,33)(H,34,35). The predicted octanol–water partition coefficient (Wildman–Crippen LogP) is 5.27. The van der Waals surface area contributed by atoms with Crippen LogP contribution in [0.1, 0.15) is 123 Å². The summed E-state index contributed by atoms with van der Waals surface area (Å²) >= 11 is 0. The number of carboxylic acids is 1. The molecule has 230 valence electrons. The molecule has 1 amide bonds. The second-order valence-corrected chi connectivity index (χ2v) is 11.4. The molecule has 0 radical (unpaired) electrons. The van der Waals surface area contributed by atoms with Gasteiger partial charge in [-0.05, 0) is 12.8 Å². The van der Waals surface area contributed by atoms with Crippen molar-refractivity contribution in [2.75, 3.05) is 19.8 Å². The first-order chi connectivity index (χ1) is 18.6. The van der Waals surface area contributed by atoms with Gasteiger partial charge in [0.15, 0.2) is 6.04 Å². The van der Waals surface area contributed by atoms with Gasteiger partial charge >= 0.3 is 19.8 Å². The summed E-state index contributed by atoms with van der Waals surface area (Å²) in [6.07, 6.45) is 15.0. The Balaban J connectivity index is 4.04. The van der Waals surface area contributed by atoms with E-state index in [1.54, 1.807) is 0 Å². The maximum atomic E-state index is 12.0. The molecule has 0 bridgehead atoms. The van der Waals surface area contributed by atoms with E-state index in [1.165, 1.54) is 38.5 Å². The van der Waals surface area contributed by atoms with Gasteiger partial charge in [-0.25, -0.2) is 9.36 Å². The molecular formula is C27H52NO10P. The van der Waals surface area contributed by atoms with Crippen molar-refractivity contribution < 1.29 is 47.8 Å². The Morgan fingerprint density at radius 1 is 0.718 bits per heavy atom. The van der Waals surface area contributed by atoms with Crippen LogP contribution in [0, 0.1) is 0 Å². The number of amides is 1. The number of unbranched alkanes of at least 4 members (excludes halogenated alkanes) is 13. The highest BCUT2D eigenvalue weighted by molar-refractivity contribution is 7.47. The van der Waals surface area contributed by atoms with Crippen molar-refractivity contribution in [3.8, 4) is 0 Å². The van der Waals surface area contributed by atoms with Gasteiger partial charge in [-0.1, -0.05) is 97.3 Å². The molecular weight excluding hydrogens is 529 g/mol. The van der Waals surface area contributed by atoms with Gasteiger partial charge in [0, 0.05) is 12.8 Å². The highest BCUT2D eigenvalue weighted by Gasteiger charge is 2.28. The van der Waals surface area contributed by atoms with Crippen LogP contribution in [-0.4, -0.2) is 64.9 Å². The van der Waals surface area contributed by atoms with Crippen molar-refractivity contribution in [2.24, 2.45) is 0 Å². The van der Waals surface area contributed by atoms with E-state index in [0.29, 0.717) is 12.8 Å². The van der Waals surface area contributed by atoms with E-state index >= 15 is 0 Å². The minimum Gasteiger partial charge on any atom is -0.480 e. The van der Waals surface area contributed by atoms with E-state index in [4.69, 9.17) is 4.74 Å². The van der Waals surface area contributed by atoms with Crippen LogP contribution in [0.4, 0.5) is 0 Å². The van der Waals surface area contributed by atoms with Crippen LogP contribution in [-0.2, 0) is 32.7 Å². The van der Waals surface area contributed by atoms with Crippen LogP contribution in [0.3, 0.4) is 0 Å². The lowest BCUT2D eigenvalue weighted by molar-refractivity contribution is -0.147. The number of aliphatic hydroxyl groups excluding tert-OH is 1. The Morgan fingerprint density at radius 3 is 1.69 bits per heavy atom. The van der Waals surface area contributed by atoms with Crippen LogP contribution < -0.4 is 5.32 Å². The third-order valence-corrected chi connectivity index (χ3v) is 7.10. The largest absolute Gasteiger partial charge is 0.480 e. The fourth-order valence-corrected chi connectivity index (χ4v) is 4.56. The Morgan fingerprint density at radius 2 is 1.18 bits per heavy atom. The summed E-state index contributed by atoms with van der Waals surface area (Å²) in [6.45, 7) is 2.40. The molecule has 0 heterocycles. The number of rotatable bonds is 27. The molecule has 0 aromatic rings.